The molecular weight excluding hydrogens is 284 g/mol. The summed E-state index contributed by atoms with van der Waals surface area (Å²) >= 11 is 7.85. The van der Waals surface area contributed by atoms with Gasteiger partial charge in [0.25, 0.3) is 5.69 Å². The second-order valence-electron chi connectivity index (χ2n) is 4.63. The molecule has 104 valence electrons. The van der Waals surface area contributed by atoms with Crippen LogP contribution in [0, 0.1) is 10.1 Å². The molecule has 0 amide bonds. The third-order valence-electron chi connectivity index (χ3n) is 3.53. The highest BCUT2D eigenvalue weighted by atomic mass is 35.5. The highest BCUT2D eigenvalue weighted by Crippen LogP contribution is 2.30. The maximum Gasteiger partial charge on any atom is 0.269 e. The summed E-state index contributed by atoms with van der Waals surface area (Å²) in [6.07, 6.45) is 4.45. The molecule has 0 aromatic heterocycles. The molecule has 0 saturated carbocycles. The van der Waals surface area contributed by atoms with Crippen molar-refractivity contribution < 1.29 is 4.92 Å². The molecule has 1 aromatic rings. The Bertz CT molecular complexity index is 462. The van der Waals surface area contributed by atoms with Crippen molar-refractivity contribution in [1.82, 2.24) is 0 Å². The molecule has 1 aliphatic rings. The SMILES string of the molecule is CSC1CCN(c2ccc([N+](=O)[O-])cc2CCl)CC1. The maximum absolute atomic E-state index is 10.8. The number of anilines is 1. The van der Waals surface area contributed by atoms with Gasteiger partial charge in [0.2, 0.25) is 0 Å². The molecule has 0 radical (unpaired) electrons. The minimum atomic E-state index is -0.375. The Morgan fingerprint density at radius 3 is 2.68 bits per heavy atom. The van der Waals surface area contributed by atoms with E-state index >= 15 is 0 Å². The van der Waals surface area contributed by atoms with E-state index in [0.717, 1.165) is 42.4 Å². The predicted octanol–water partition coefficient (Wildman–Crippen LogP) is 3.67. The lowest BCUT2D eigenvalue weighted by molar-refractivity contribution is -0.384. The highest BCUT2D eigenvalue weighted by molar-refractivity contribution is 7.99. The van der Waals surface area contributed by atoms with Crippen LogP contribution in [0.15, 0.2) is 18.2 Å². The van der Waals surface area contributed by atoms with Crippen LogP contribution < -0.4 is 4.90 Å². The van der Waals surface area contributed by atoms with Gasteiger partial charge in [0, 0.05) is 42.0 Å². The van der Waals surface area contributed by atoms with Crippen molar-refractivity contribution in [3.05, 3.63) is 33.9 Å². The van der Waals surface area contributed by atoms with Gasteiger partial charge < -0.3 is 4.90 Å². The number of hydrogen-bond donors (Lipinski definition) is 0. The third kappa shape index (κ3) is 3.34. The van der Waals surface area contributed by atoms with Crippen LogP contribution >= 0.6 is 23.4 Å². The largest absolute Gasteiger partial charge is 0.371 e. The lowest BCUT2D eigenvalue weighted by Gasteiger charge is -2.33. The van der Waals surface area contributed by atoms with Crippen molar-refractivity contribution in [2.75, 3.05) is 24.2 Å². The maximum atomic E-state index is 10.8. The van der Waals surface area contributed by atoms with Crippen LogP contribution in [0.4, 0.5) is 11.4 Å². The van der Waals surface area contributed by atoms with Crippen molar-refractivity contribution in [3.63, 3.8) is 0 Å². The van der Waals surface area contributed by atoms with Gasteiger partial charge in [-0.15, -0.1) is 11.6 Å². The van der Waals surface area contributed by atoms with Crippen molar-refractivity contribution in [2.45, 2.75) is 24.0 Å². The molecule has 1 heterocycles. The number of nitrogens with zero attached hydrogens (tertiary/aromatic N) is 2. The Morgan fingerprint density at radius 2 is 2.16 bits per heavy atom. The molecule has 0 bridgehead atoms. The first-order valence-electron chi connectivity index (χ1n) is 6.26. The molecule has 0 aliphatic carbocycles. The van der Waals surface area contributed by atoms with Gasteiger partial charge in [0.1, 0.15) is 0 Å². The van der Waals surface area contributed by atoms with Gasteiger partial charge in [-0.25, -0.2) is 0 Å². The van der Waals surface area contributed by atoms with E-state index in [0.29, 0.717) is 5.88 Å². The van der Waals surface area contributed by atoms with Crippen LogP contribution in [0.3, 0.4) is 0 Å². The third-order valence-corrected chi connectivity index (χ3v) is 4.96. The molecule has 1 fully saturated rings. The fourth-order valence-electron chi connectivity index (χ4n) is 2.43. The Kier molecular flexibility index (Phi) is 4.93. The van der Waals surface area contributed by atoms with Gasteiger partial charge in [-0.1, -0.05) is 0 Å². The average Bonchev–Trinajstić information content (AvgIpc) is 2.46. The standard InChI is InChI=1S/C13H17ClN2O2S/c1-19-12-4-6-15(7-5-12)13-3-2-11(16(17)18)8-10(13)9-14/h2-3,8,12H,4-7,9H2,1H3. The van der Waals surface area contributed by atoms with Crippen LogP contribution in [0.5, 0.6) is 0 Å². The number of piperidine rings is 1. The second-order valence-corrected chi connectivity index (χ2v) is 6.03. The second kappa shape index (κ2) is 6.48. The molecule has 1 aromatic carbocycles. The van der Waals surface area contributed by atoms with Crippen molar-refractivity contribution in [3.8, 4) is 0 Å². The summed E-state index contributed by atoms with van der Waals surface area (Å²) in [5.74, 6) is 0.305. The van der Waals surface area contributed by atoms with Gasteiger partial charge in [-0.3, -0.25) is 10.1 Å². The predicted molar refractivity (Wildman–Crippen MR) is 81.4 cm³/mol. The summed E-state index contributed by atoms with van der Waals surface area (Å²) in [6, 6.07) is 4.98. The minimum Gasteiger partial charge on any atom is -0.371 e. The zero-order chi connectivity index (χ0) is 13.8. The fraction of sp³-hybridized carbons (Fsp3) is 0.538. The van der Waals surface area contributed by atoms with Gasteiger partial charge in [0.15, 0.2) is 0 Å². The zero-order valence-electron chi connectivity index (χ0n) is 10.8. The molecule has 1 aliphatic heterocycles. The molecule has 2 rings (SSSR count). The summed E-state index contributed by atoms with van der Waals surface area (Å²) in [6.45, 7) is 1.99. The molecule has 0 spiro atoms. The van der Waals surface area contributed by atoms with Crippen LogP contribution in [0.1, 0.15) is 18.4 Å². The van der Waals surface area contributed by atoms with E-state index in [4.69, 9.17) is 11.6 Å². The smallest absolute Gasteiger partial charge is 0.269 e. The van der Waals surface area contributed by atoms with Crippen LogP contribution in [0.2, 0.25) is 0 Å². The van der Waals surface area contributed by atoms with Crippen molar-refractivity contribution in [1.29, 1.82) is 0 Å². The highest BCUT2D eigenvalue weighted by Gasteiger charge is 2.21. The monoisotopic (exact) mass is 300 g/mol. The van der Waals surface area contributed by atoms with Crippen LogP contribution in [-0.4, -0.2) is 29.5 Å². The number of thioether (sulfide) groups is 1. The van der Waals surface area contributed by atoms with E-state index in [-0.39, 0.29) is 10.6 Å². The van der Waals surface area contributed by atoms with Gasteiger partial charge in [-0.2, -0.15) is 11.8 Å². The lowest BCUT2D eigenvalue weighted by Crippen LogP contribution is -2.35. The Labute approximate surface area is 122 Å². The normalized spacial score (nSPS) is 16.6. The number of hydrogen-bond acceptors (Lipinski definition) is 4. The van der Waals surface area contributed by atoms with Gasteiger partial charge in [0.05, 0.1) is 4.92 Å². The number of non-ortho nitro benzene ring substituents is 1. The molecule has 0 unspecified atom stereocenters. The first-order chi connectivity index (χ1) is 9.15. The van der Waals surface area contributed by atoms with Crippen LogP contribution in [0.25, 0.3) is 0 Å². The van der Waals surface area contributed by atoms with E-state index in [9.17, 15) is 10.1 Å². The van der Waals surface area contributed by atoms with E-state index < -0.39 is 0 Å². The van der Waals surface area contributed by atoms with Gasteiger partial charge in [-0.05, 0) is 30.7 Å². The fourth-order valence-corrected chi connectivity index (χ4v) is 3.33. The quantitative estimate of drug-likeness (QED) is 0.483. The van der Waals surface area contributed by atoms with Crippen molar-refractivity contribution >= 4 is 34.7 Å². The Morgan fingerprint density at radius 1 is 1.47 bits per heavy atom. The summed E-state index contributed by atoms with van der Waals surface area (Å²) in [5, 5.41) is 11.5. The zero-order valence-corrected chi connectivity index (χ0v) is 12.4. The molecule has 1 saturated heterocycles. The first-order valence-corrected chi connectivity index (χ1v) is 8.09. The Balaban J connectivity index is 2.18. The number of rotatable bonds is 4. The summed E-state index contributed by atoms with van der Waals surface area (Å²) in [4.78, 5) is 12.7. The summed E-state index contributed by atoms with van der Waals surface area (Å²) in [5.41, 5.74) is 2.00. The number of benzene rings is 1. The molecular formula is C13H17ClN2O2S. The summed E-state index contributed by atoms with van der Waals surface area (Å²) in [7, 11) is 0. The van der Waals surface area contributed by atoms with Crippen LogP contribution in [-0.2, 0) is 5.88 Å². The molecule has 0 atom stereocenters. The Hall–Kier alpha value is -0.940. The average molecular weight is 301 g/mol. The molecule has 19 heavy (non-hydrogen) atoms. The topological polar surface area (TPSA) is 46.4 Å². The van der Waals surface area contributed by atoms with Crippen molar-refractivity contribution in [2.24, 2.45) is 0 Å². The molecule has 4 nitrogen and oxygen atoms in total. The number of alkyl halides is 1. The minimum absolute atomic E-state index is 0.110. The number of halogens is 1. The lowest BCUT2D eigenvalue weighted by atomic mass is 10.1. The number of nitro groups is 1. The van der Waals surface area contributed by atoms with E-state index in [1.165, 1.54) is 0 Å². The summed E-state index contributed by atoms with van der Waals surface area (Å²) < 4.78 is 0. The van der Waals surface area contributed by atoms with E-state index in [2.05, 4.69) is 11.2 Å². The van der Waals surface area contributed by atoms with E-state index in [1.54, 1.807) is 12.1 Å². The van der Waals surface area contributed by atoms with E-state index in [1.807, 2.05) is 17.8 Å². The molecule has 6 heteroatoms. The first kappa shape index (κ1) is 14.5. The molecule has 0 N–H and O–H groups in total. The number of nitro benzene ring substituents is 1. The van der Waals surface area contributed by atoms with Gasteiger partial charge >= 0.3 is 0 Å².